The lowest BCUT2D eigenvalue weighted by Crippen LogP contribution is -2.69. The second-order valence-electron chi connectivity index (χ2n) is 7.34. The minimum Gasteiger partial charge on any atom is -0.346 e. The third kappa shape index (κ3) is 3.28. The second kappa shape index (κ2) is 6.90. The van der Waals surface area contributed by atoms with Gasteiger partial charge in [0, 0.05) is 16.3 Å². The van der Waals surface area contributed by atoms with Gasteiger partial charge in [-0.15, -0.1) is 23.7 Å². The average Bonchev–Trinajstić information content (AvgIpc) is 2.94. The van der Waals surface area contributed by atoms with Gasteiger partial charge in [-0.25, -0.2) is 0 Å². The first-order valence-electron chi connectivity index (χ1n) is 8.31. The fraction of sp³-hybridized carbons (Fsp3) is 0.500. The van der Waals surface area contributed by atoms with E-state index in [-0.39, 0.29) is 29.9 Å². The summed E-state index contributed by atoms with van der Waals surface area (Å²) in [4.78, 5) is 16.1. The molecule has 1 N–H and O–H groups in total. The molecule has 3 aliphatic heterocycles. The van der Waals surface area contributed by atoms with Crippen LogP contribution in [0.2, 0.25) is 10.0 Å². The number of fused-ring (bicyclic) bond motifs is 4. The molecule has 3 aliphatic rings. The van der Waals surface area contributed by atoms with Gasteiger partial charge in [0.05, 0.1) is 14.9 Å². The zero-order valence-corrected chi connectivity index (χ0v) is 17.3. The molecule has 2 aromatic rings. The van der Waals surface area contributed by atoms with Crippen LogP contribution in [0.15, 0.2) is 18.2 Å². The summed E-state index contributed by atoms with van der Waals surface area (Å²) in [6.07, 6.45) is 2.35. The summed E-state index contributed by atoms with van der Waals surface area (Å²) in [6, 6.07) is 5.76. The molecule has 0 unspecified atom stereocenters. The number of hydrogen-bond donors (Lipinski definition) is 1. The highest BCUT2D eigenvalue weighted by atomic mass is 35.5. The van der Waals surface area contributed by atoms with E-state index >= 15 is 0 Å². The molecule has 136 valence electrons. The van der Waals surface area contributed by atoms with Gasteiger partial charge in [-0.1, -0.05) is 23.2 Å². The lowest BCUT2D eigenvalue weighted by molar-refractivity contribution is -0.0377. The highest BCUT2D eigenvalue weighted by molar-refractivity contribution is 7.20. The molecule has 1 aromatic heterocycles. The van der Waals surface area contributed by atoms with Crippen molar-refractivity contribution in [3.63, 3.8) is 0 Å². The zero-order valence-electron chi connectivity index (χ0n) is 14.1. The number of piperidine rings is 3. The van der Waals surface area contributed by atoms with E-state index in [2.05, 4.69) is 24.1 Å². The lowest BCUT2D eigenvalue weighted by atomic mass is 9.72. The lowest BCUT2D eigenvalue weighted by Gasteiger charge is -2.56. The zero-order chi connectivity index (χ0) is 17.1. The van der Waals surface area contributed by atoms with Crippen LogP contribution < -0.4 is 5.32 Å². The van der Waals surface area contributed by atoms with Crippen LogP contribution >= 0.6 is 46.9 Å². The summed E-state index contributed by atoms with van der Waals surface area (Å²) in [5, 5.41) is 5.32. The van der Waals surface area contributed by atoms with Gasteiger partial charge in [0.25, 0.3) is 5.91 Å². The van der Waals surface area contributed by atoms with Crippen molar-refractivity contribution in [3.8, 4) is 0 Å². The van der Waals surface area contributed by atoms with Crippen molar-refractivity contribution in [1.29, 1.82) is 0 Å². The van der Waals surface area contributed by atoms with Crippen LogP contribution in [0.4, 0.5) is 0 Å². The van der Waals surface area contributed by atoms with E-state index in [1.807, 2.05) is 18.2 Å². The summed E-state index contributed by atoms with van der Waals surface area (Å²) in [5.74, 6) is 0.586. The van der Waals surface area contributed by atoms with Crippen LogP contribution in [0, 0.1) is 5.92 Å². The molecular weight excluding hydrogens is 399 g/mol. The van der Waals surface area contributed by atoms with Gasteiger partial charge in [-0.05, 0) is 69.3 Å². The van der Waals surface area contributed by atoms with E-state index < -0.39 is 0 Å². The molecule has 0 radical (unpaired) electrons. The van der Waals surface area contributed by atoms with E-state index in [9.17, 15) is 4.79 Å². The monoisotopic (exact) mass is 418 g/mol. The Morgan fingerprint density at radius 2 is 1.84 bits per heavy atom. The largest absolute Gasteiger partial charge is 0.346 e. The fourth-order valence-corrected chi connectivity index (χ4v) is 5.62. The van der Waals surface area contributed by atoms with Crippen LogP contribution in [0.1, 0.15) is 36.4 Å². The Labute approximate surface area is 168 Å². The summed E-state index contributed by atoms with van der Waals surface area (Å²) < 4.78 is 0.989. The molecule has 7 heteroatoms. The normalized spacial score (nSPS) is 27.1. The Hall–Kier alpha value is -0.520. The number of benzene rings is 1. The smallest absolute Gasteiger partial charge is 0.261 e. The maximum Gasteiger partial charge on any atom is 0.261 e. The topological polar surface area (TPSA) is 32.3 Å². The Kier molecular flexibility index (Phi) is 5.31. The van der Waals surface area contributed by atoms with Gasteiger partial charge in [-0.3, -0.25) is 9.69 Å². The fourth-order valence-electron chi connectivity index (χ4n) is 4.24. The van der Waals surface area contributed by atoms with Crippen molar-refractivity contribution in [2.75, 3.05) is 13.1 Å². The van der Waals surface area contributed by atoms with Gasteiger partial charge in [0.1, 0.15) is 0 Å². The number of nitrogens with one attached hydrogen (secondary N) is 1. The van der Waals surface area contributed by atoms with Crippen LogP contribution in [-0.2, 0) is 0 Å². The SMILES string of the molecule is CC1(C)[C@@H](NC(=O)c2cc3cc(Cl)c(Cl)cc3s2)C2CCN1CC2.Cl. The molecule has 4 heterocycles. The molecule has 1 aromatic carbocycles. The van der Waals surface area contributed by atoms with Crippen molar-refractivity contribution < 1.29 is 4.79 Å². The van der Waals surface area contributed by atoms with Crippen molar-refractivity contribution >= 4 is 62.9 Å². The average molecular weight is 420 g/mol. The predicted molar refractivity (Wildman–Crippen MR) is 109 cm³/mol. The molecule has 1 atom stereocenters. The van der Waals surface area contributed by atoms with E-state index in [0.717, 1.165) is 28.1 Å². The maximum absolute atomic E-state index is 12.8. The number of carbonyl (C=O) groups excluding carboxylic acids is 1. The van der Waals surface area contributed by atoms with Crippen LogP contribution in [-0.4, -0.2) is 35.5 Å². The number of halogens is 3. The molecule has 3 fully saturated rings. The van der Waals surface area contributed by atoms with Gasteiger partial charge in [0.2, 0.25) is 0 Å². The molecule has 5 rings (SSSR count). The van der Waals surface area contributed by atoms with Crippen LogP contribution in [0.3, 0.4) is 0 Å². The second-order valence-corrected chi connectivity index (χ2v) is 9.24. The molecule has 2 bridgehead atoms. The third-order valence-electron chi connectivity index (χ3n) is 5.66. The number of thiophene rings is 1. The molecule has 25 heavy (non-hydrogen) atoms. The molecular formula is C18H21Cl3N2OS. The Morgan fingerprint density at radius 1 is 1.20 bits per heavy atom. The predicted octanol–water partition coefficient (Wildman–Crippen LogP) is 5.23. The Morgan fingerprint density at radius 3 is 2.48 bits per heavy atom. The van der Waals surface area contributed by atoms with Gasteiger partial charge in [-0.2, -0.15) is 0 Å². The van der Waals surface area contributed by atoms with E-state index in [0.29, 0.717) is 16.0 Å². The molecule has 1 amide bonds. The number of hydrogen-bond acceptors (Lipinski definition) is 3. The quantitative estimate of drug-likeness (QED) is 0.722. The van der Waals surface area contributed by atoms with Gasteiger partial charge < -0.3 is 5.32 Å². The Balaban J connectivity index is 0.00000182. The first-order valence-corrected chi connectivity index (χ1v) is 9.88. The maximum atomic E-state index is 12.8. The number of rotatable bonds is 2. The van der Waals surface area contributed by atoms with Crippen LogP contribution in [0.5, 0.6) is 0 Å². The van der Waals surface area contributed by atoms with Gasteiger partial charge >= 0.3 is 0 Å². The first kappa shape index (κ1) is 19.2. The minimum atomic E-state index is 0. The number of carbonyl (C=O) groups is 1. The standard InChI is InChI=1S/C18H20Cl2N2OS.ClH/c1-18(2)16(10-3-5-22(18)6-4-10)21-17(23)15-8-11-7-12(19)13(20)9-14(11)24-15;/h7-10,16H,3-6H2,1-2H3,(H,21,23);1H/t16-;/m0./s1. The molecule has 0 aliphatic carbocycles. The number of amides is 1. The summed E-state index contributed by atoms with van der Waals surface area (Å²) >= 11 is 13.6. The van der Waals surface area contributed by atoms with Gasteiger partial charge in [0.15, 0.2) is 0 Å². The van der Waals surface area contributed by atoms with Crippen molar-refractivity contribution in [2.45, 2.75) is 38.3 Å². The molecule has 0 spiro atoms. The molecule has 0 saturated carbocycles. The Bertz CT molecular complexity index is 773. The third-order valence-corrected chi connectivity index (χ3v) is 7.48. The highest BCUT2D eigenvalue weighted by Crippen LogP contribution is 2.39. The summed E-state index contributed by atoms with van der Waals surface area (Å²) in [5.41, 5.74) is 0.0140. The summed E-state index contributed by atoms with van der Waals surface area (Å²) in [7, 11) is 0. The van der Waals surface area contributed by atoms with E-state index in [4.69, 9.17) is 23.2 Å². The van der Waals surface area contributed by atoms with E-state index in [1.165, 1.54) is 24.2 Å². The van der Waals surface area contributed by atoms with Crippen molar-refractivity contribution in [1.82, 2.24) is 10.2 Å². The first-order chi connectivity index (χ1) is 11.4. The number of nitrogens with zero attached hydrogens (tertiary/aromatic N) is 1. The molecule has 3 nitrogen and oxygen atoms in total. The van der Waals surface area contributed by atoms with E-state index in [1.54, 1.807) is 0 Å². The summed E-state index contributed by atoms with van der Waals surface area (Å²) in [6.45, 7) is 6.77. The molecule has 3 saturated heterocycles. The van der Waals surface area contributed by atoms with Crippen LogP contribution in [0.25, 0.3) is 10.1 Å². The van der Waals surface area contributed by atoms with Crippen molar-refractivity contribution in [3.05, 3.63) is 33.1 Å². The highest BCUT2D eigenvalue weighted by Gasteiger charge is 2.48. The van der Waals surface area contributed by atoms with Crippen molar-refractivity contribution in [2.24, 2.45) is 5.92 Å². The minimum absolute atomic E-state index is 0.